The Morgan fingerprint density at radius 1 is 0.964 bits per heavy atom. The molecule has 0 aliphatic carbocycles. The number of nitrogens with one attached hydrogen (secondary N) is 2. The summed E-state index contributed by atoms with van der Waals surface area (Å²) in [7, 11) is 0. The zero-order chi connectivity index (χ0) is 20.5. The van der Waals surface area contributed by atoms with E-state index in [4.69, 9.17) is 16.3 Å². The van der Waals surface area contributed by atoms with Gasteiger partial charge in [0, 0.05) is 35.0 Å². The molecule has 2 aromatic rings. The van der Waals surface area contributed by atoms with Gasteiger partial charge in [-0.1, -0.05) is 23.7 Å². The van der Waals surface area contributed by atoms with Crippen LogP contribution in [0.1, 0.15) is 12.8 Å². The van der Waals surface area contributed by atoms with Gasteiger partial charge in [-0.2, -0.15) is 0 Å². The molecule has 0 saturated carbocycles. The third kappa shape index (κ3) is 7.04. The van der Waals surface area contributed by atoms with Crippen LogP contribution in [0.15, 0.2) is 48.5 Å². The first kappa shape index (κ1) is 20.8. The fraction of sp³-hybridized carbons (Fsp3) is 0.167. The Morgan fingerprint density at radius 3 is 2.29 bits per heavy atom. The van der Waals surface area contributed by atoms with Crippen LogP contribution in [0, 0.1) is 10.1 Å². The van der Waals surface area contributed by atoms with Gasteiger partial charge in [-0.25, -0.2) is 0 Å². The van der Waals surface area contributed by atoms with Gasteiger partial charge in [-0.3, -0.25) is 24.5 Å². The van der Waals surface area contributed by atoms with Crippen LogP contribution in [-0.4, -0.2) is 29.3 Å². The molecule has 0 fully saturated rings. The summed E-state index contributed by atoms with van der Waals surface area (Å²) in [5.74, 6) is -1.78. The van der Waals surface area contributed by atoms with Gasteiger partial charge in [0.25, 0.3) is 11.6 Å². The van der Waals surface area contributed by atoms with E-state index in [1.54, 1.807) is 24.3 Å². The van der Waals surface area contributed by atoms with Crippen molar-refractivity contribution in [2.75, 3.05) is 17.2 Å². The van der Waals surface area contributed by atoms with Gasteiger partial charge in [0.05, 0.1) is 11.3 Å². The van der Waals surface area contributed by atoms with Gasteiger partial charge in [0.15, 0.2) is 6.61 Å². The normalized spacial score (nSPS) is 10.0. The minimum absolute atomic E-state index is 0.164. The first-order valence-electron chi connectivity index (χ1n) is 8.09. The average Bonchev–Trinajstić information content (AvgIpc) is 2.65. The van der Waals surface area contributed by atoms with Gasteiger partial charge >= 0.3 is 5.97 Å². The zero-order valence-electron chi connectivity index (χ0n) is 14.5. The number of hydrogen-bond acceptors (Lipinski definition) is 6. The van der Waals surface area contributed by atoms with E-state index in [2.05, 4.69) is 10.6 Å². The lowest BCUT2D eigenvalue weighted by molar-refractivity contribution is -0.384. The molecule has 146 valence electrons. The first-order chi connectivity index (χ1) is 13.3. The quantitative estimate of drug-likeness (QED) is 0.394. The molecule has 2 N–H and O–H groups in total. The smallest absolute Gasteiger partial charge is 0.306 e. The summed E-state index contributed by atoms with van der Waals surface area (Å²) in [5.41, 5.74) is 0.543. The molecule has 0 unspecified atom stereocenters. The molecule has 0 spiro atoms. The number of halogens is 1. The predicted molar refractivity (Wildman–Crippen MR) is 102 cm³/mol. The van der Waals surface area contributed by atoms with Crippen molar-refractivity contribution in [3.63, 3.8) is 0 Å². The van der Waals surface area contributed by atoms with Gasteiger partial charge in [0.1, 0.15) is 0 Å². The third-order valence-corrected chi connectivity index (χ3v) is 3.60. The molecular formula is C18H16ClN3O6. The Bertz CT molecular complexity index is 902. The zero-order valence-corrected chi connectivity index (χ0v) is 15.3. The average molecular weight is 406 g/mol. The summed E-state index contributed by atoms with van der Waals surface area (Å²) in [4.78, 5) is 45.3. The molecule has 0 aromatic heterocycles. The van der Waals surface area contributed by atoms with Crippen LogP contribution in [-0.2, 0) is 19.1 Å². The van der Waals surface area contributed by atoms with E-state index in [1.165, 1.54) is 24.3 Å². The van der Waals surface area contributed by atoms with Gasteiger partial charge < -0.3 is 15.4 Å². The first-order valence-corrected chi connectivity index (χ1v) is 8.46. The van der Waals surface area contributed by atoms with Crippen LogP contribution in [0.3, 0.4) is 0 Å². The summed E-state index contributed by atoms with van der Waals surface area (Å²) in [6.07, 6.45) is -0.442. The molecule has 9 nitrogen and oxygen atoms in total. The van der Waals surface area contributed by atoms with Crippen molar-refractivity contribution in [3.05, 3.63) is 63.7 Å². The van der Waals surface area contributed by atoms with Gasteiger partial charge in [0.2, 0.25) is 5.91 Å². The number of ether oxygens (including phenoxy) is 1. The summed E-state index contributed by atoms with van der Waals surface area (Å²) in [6.45, 7) is -0.502. The van der Waals surface area contributed by atoms with E-state index in [9.17, 15) is 24.5 Å². The number of esters is 1. The van der Waals surface area contributed by atoms with Crippen molar-refractivity contribution in [3.8, 4) is 0 Å². The standard InChI is InChI=1S/C18H16ClN3O6/c19-12-3-1-4-13(9-12)21-17(24)11-28-18(25)8-7-16(23)20-14-5-2-6-15(10-14)22(26)27/h1-6,9-10H,7-8,11H2,(H,20,23)(H,21,24). The van der Waals surface area contributed by atoms with Crippen LogP contribution in [0.25, 0.3) is 0 Å². The second kappa shape index (κ2) is 10.0. The number of amides is 2. The lowest BCUT2D eigenvalue weighted by Gasteiger charge is -2.07. The van der Waals surface area contributed by atoms with Crippen molar-refractivity contribution in [1.29, 1.82) is 0 Å². The molecule has 2 rings (SSSR count). The number of nitro benzene ring substituents is 1. The second-order valence-electron chi connectivity index (χ2n) is 5.57. The van der Waals surface area contributed by atoms with Crippen molar-refractivity contribution in [2.24, 2.45) is 0 Å². The number of nitro groups is 1. The Labute approximate surface area is 164 Å². The lowest BCUT2D eigenvalue weighted by atomic mass is 10.2. The van der Waals surface area contributed by atoms with Crippen molar-refractivity contribution >= 4 is 46.4 Å². The molecule has 0 aliphatic heterocycles. The number of benzene rings is 2. The lowest BCUT2D eigenvalue weighted by Crippen LogP contribution is -2.21. The topological polar surface area (TPSA) is 128 Å². The fourth-order valence-corrected chi connectivity index (χ4v) is 2.31. The molecule has 28 heavy (non-hydrogen) atoms. The maximum Gasteiger partial charge on any atom is 0.306 e. The monoisotopic (exact) mass is 405 g/mol. The molecular weight excluding hydrogens is 390 g/mol. The number of rotatable bonds is 8. The third-order valence-electron chi connectivity index (χ3n) is 3.37. The molecule has 2 amide bonds. The van der Waals surface area contributed by atoms with Crippen molar-refractivity contribution in [2.45, 2.75) is 12.8 Å². The van der Waals surface area contributed by atoms with Crippen LogP contribution >= 0.6 is 11.6 Å². The van der Waals surface area contributed by atoms with Crippen molar-refractivity contribution in [1.82, 2.24) is 0 Å². The maximum absolute atomic E-state index is 11.8. The summed E-state index contributed by atoms with van der Waals surface area (Å²) < 4.78 is 4.80. The SMILES string of the molecule is O=C(CCC(=O)OCC(=O)Nc1cccc(Cl)c1)Nc1cccc([N+](=O)[O-])c1. The van der Waals surface area contributed by atoms with Crippen LogP contribution in [0.2, 0.25) is 5.02 Å². The Morgan fingerprint density at radius 2 is 1.61 bits per heavy atom. The minimum Gasteiger partial charge on any atom is -0.456 e. The highest BCUT2D eigenvalue weighted by Gasteiger charge is 2.12. The van der Waals surface area contributed by atoms with E-state index in [0.29, 0.717) is 10.7 Å². The summed E-state index contributed by atoms with van der Waals surface area (Å²) in [5, 5.41) is 16.1. The van der Waals surface area contributed by atoms with Crippen molar-refractivity contribution < 1.29 is 24.0 Å². The van der Waals surface area contributed by atoms with Crippen LogP contribution in [0.4, 0.5) is 17.1 Å². The summed E-state index contributed by atoms with van der Waals surface area (Å²) >= 11 is 5.80. The van der Waals surface area contributed by atoms with E-state index in [1.807, 2.05) is 0 Å². The van der Waals surface area contributed by atoms with Crippen LogP contribution < -0.4 is 10.6 Å². The molecule has 0 bridgehead atoms. The molecule has 2 aromatic carbocycles. The van der Waals surface area contributed by atoms with E-state index >= 15 is 0 Å². The van der Waals surface area contributed by atoms with E-state index in [-0.39, 0.29) is 24.2 Å². The molecule has 10 heteroatoms. The highest BCUT2D eigenvalue weighted by atomic mass is 35.5. The summed E-state index contributed by atoms with van der Waals surface area (Å²) in [6, 6.07) is 11.9. The second-order valence-corrected chi connectivity index (χ2v) is 6.01. The van der Waals surface area contributed by atoms with Gasteiger partial charge in [-0.15, -0.1) is 0 Å². The number of nitrogens with zero attached hydrogens (tertiary/aromatic N) is 1. The molecule has 0 heterocycles. The highest BCUT2D eigenvalue weighted by molar-refractivity contribution is 6.30. The number of non-ortho nitro benzene ring substituents is 1. The Hall–Kier alpha value is -3.46. The highest BCUT2D eigenvalue weighted by Crippen LogP contribution is 2.17. The minimum atomic E-state index is -0.726. The van der Waals surface area contributed by atoms with E-state index < -0.39 is 29.3 Å². The number of carbonyl (C=O) groups is 3. The number of carbonyl (C=O) groups excluding carboxylic acids is 3. The molecule has 0 saturated heterocycles. The largest absolute Gasteiger partial charge is 0.456 e. The number of hydrogen-bond donors (Lipinski definition) is 2. The van der Waals surface area contributed by atoms with Crippen LogP contribution in [0.5, 0.6) is 0 Å². The Kier molecular flexibility index (Phi) is 7.46. The molecule has 0 atom stereocenters. The Balaban J connectivity index is 1.71. The fourth-order valence-electron chi connectivity index (χ4n) is 2.12. The molecule has 0 aliphatic rings. The number of anilines is 2. The van der Waals surface area contributed by atoms with E-state index in [0.717, 1.165) is 0 Å². The molecule has 0 radical (unpaired) electrons. The predicted octanol–water partition coefficient (Wildman–Crippen LogP) is 3.15. The maximum atomic E-state index is 11.8. The van der Waals surface area contributed by atoms with Gasteiger partial charge in [-0.05, 0) is 24.3 Å².